The van der Waals surface area contributed by atoms with Crippen LogP contribution in [-0.2, 0) is 16.6 Å². The summed E-state index contributed by atoms with van der Waals surface area (Å²) in [7, 11) is -0.799. The van der Waals surface area contributed by atoms with Crippen molar-refractivity contribution in [2.75, 3.05) is 18.4 Å². The van der Waals surface area contributed by atoms with E-state index >= 15 is 0 Å². The minimum atomic E-state index is -3.87. The second kappa shape index (κ2) is 8.49. The van der Waals surface area contributed by atoms with Gasteiger partial charge >= 0.3 is 0 Å². The Kier molecular flexibility index (Phi) is 6.19. The number of sulfonamides is 1. The van der Waals surface area contributed by atoms with E-state index in [0.29, 0.717) is 17.1 Å². The first kappa shape index (κ1) is 21.9. The normalized spacial score (nSPS) is 11.4. The quantitative estimate of drug-likeness (QED) is 0.569. The van der Waals surface area contributed by atoms with E-state index in [-0.39, 0.29) is 22.0 Å². The molecule has 0 N–H and O–H groups in total. The van der Waals surface area contributed by atoms with Crippen molar-refractivity contribution in [3.63, 3.8) is 0 Å². The molecule has 0 fully saturated rings. The molecule has 3 aromatic rings. The summed E-state index contributed by atoms with van der Waals surface area (Å²) in [5.41, 5.74) is 2.11. The van der Waals surface area contributed by atoms with Crippen molar-refractivity contribution in [2.45, 2.75) is 25.3 Å². The molecule has 9 heteroatoms. The van der Waals surface area contributed by atoms with E-state index in [9.17, 15) is 13.2 Å². The highest BCUT2D eigenvalue weighted by Crippen LogP contribution is 2.27. The first-order valence-corrected chi connectivity index (χ1v) is 11.0. The minimum Gasteiger partial charge on any atom is -0.361 e. The number of carbonyl (C=O) groups is 1. The van der Waals surface area contributed by atoms with Crippen molar-refractivity contribution < 1.29 is 17.7 Å². The van der Waals surface area contributed by atoms with Crippen LogP contribution >= 0.6 is 11.6 Å². The molecule has 7 nitrogen and oxygen atoms in total. The molecule has 0 aliphatic carbocycles. The zero-order valence-corrected chi connectivity index (χ0v) is 18.7. The molecule has 158 valence electrons. The topological polar surface area (TPSA) is 83.7 Å². The second-order valence-electron chi connectivity index (χ2n) is 6.91. The summed E-state index contributed by atoms with van der Waals surface area (Å²) in [6.07, 6.45) is 0. The van der Waals surface area contributed by atoms with Crippen LogP contribution in [0.5, 0.6) is 0 Å². The second-order valence-corrected chi connectivity index (χ2v) is 9.29. The van der Waals surface area contributed by atoms with Crippen molar-refractivity contribution in [1.82, 2.24) is 10.1 Å². The number of aromatic nitrogens is 1. The van der Waals surface area contributed by atoms with Gasteiger partial charge in [-0.15, -0.1) is 0 Å². The van der Waals surface area contributed by atoms with E-state index in [4.69, 9.17) is 16.1 Å². The molecular weight excluding hydrogens is 426 g/mol. The molecule has 2 aromatic carbocycles. The van der Waals surface area contributed by atoms with E-state index in [1.807, 2.05) is 0 Å². The Hall–Kier alpha value is -2.84. The van der Waals surface area contributed by atoms with Gasteiger partial charge in [-0.1, -0.05) is 35.0 Å². The van der Waals surface area contributed by atoms with E-state index in [1.54, 1.807) is 51.2 Å². The molecule has 0 unspecified atom stereocenters. The number of para-hydroxylation sites is 1. The van der Waals surface area contributed by atoms with Crippen molar-refractivity contribution in [2.24, 2.45) is 0 Å². The van der Waals surface area contributed by atoms with Gasteiger partial charge < -0.3 is 9.42 Å². The molecule has 0 saturated carbocycles. The van der Waals surface area contributed by atoms with Gasteiger partial charge in [-0.2, -0.15) is 0 Å². The maximum absolute atomic E-state index is 13.1. The van der Waals surface area contributed by atoms with Crippen molar-refractivity contribution in [3.05, 3.63) is 76.1 Å². The zero-order chi connectivity index (χ0) is 22.1. The molecule has 0 spiro atoms. The first-order valence-electron chi connectivity index (χ1n) is 9.13. The molecule has 3 rings (SSSR count). The van der Waals surface area contributed by atoms with E-state index in [1.165, 1.54) is 30.1 Å². The number of aryl methyl sites for hydroxylation is 2. The summed E-state index contributed by atoms with van der Waals surface area (Å²) in [5, 5.41) is 4.06. The number of rotatable bonds is 6. The Morgan fingerprint density at radius 3 is 2.37 bits per heavy atom. The van der Waals surface area contributed by atoms with Gasteiger partial charge in [-0.05, 0) is 44.2 Å². The maximum Gasteiger partial charge on any atom is 0.264 e. The van der Waals surface area contributed by atoms with Crippen LogP contribution in [0.25, 0.3) is 0 Å². The van der Waals surface area contributed by atoms with Crippen molar-refractivity contribution in [3.8, 4) is 0 Å². The Morgan fingerprint density at radius 2 is 1.77 bits per heavy atom. The predicted molar refractivity (Wildman–Crippen MR) is 115 cm³/mol. The molecule has 0 aliphatic heterocycles. The number of carbonyl (C=O) groups excluding carboxylic acids is 1. The number of benzene rings is 2. The van der Waals surface area contributed by atoms with Crippen LogP contribution in [0.2, 0.25) is 5.02 Å². The summed E-state index contributed by atoms with van der Waals surface area (Å²) in [6.45, 7) is 3.83. The zero-order valence-electron chi connectivity index (χ0n) is 17.1. The fraction of sp³-hybridized carbons (Fsp3) is 0.238. The molecule has 30 heavy (non-hydrogen) atoms. The fourth-order valence-corrected chi connectivity index (χ4v) is 4.43. The average molecular weight is 448 g/mol. The molecule has 1 aromatic heterocycles. The van der Waals surface area contributed by atoms with Crippen LogP contribution in [0, 0.1) is 13.8 Å². The maximum atomic E-state index is 13.1. The van der Waals surface area contributed by atoms with Gasteiger partial charge in [0.2, 0.25) is 0 Å². The van der Waals surface area contributed by atoms with E-state index in [2.05, 4.69) is 5.16 Å². The minimum absolute atomic E-state index is 0.0210. The Morgan fingerprint density at radius 1 is 1.10 bits per heavy atom. The molecule has 0 aliphatic rings. The summed E-state index contributed by atoms with van der Waals surface area (Å²) >= 11 is 6.24. The molecule has 1 heterocycles. The third-order valence-electron chi connectivity index (χ3n) is 4.87. The number of halogens is 1. The van der Waals surface area contributed by atoms with Crippen LogP contribution < -0.4 is 4.31 Å². The van der Waals surface area contributed by atoms with Crippen molar-refractivity contribution >= 4 is 33.2 Å². The lowest BCUT2D eigenvalue weighted by Gasteiger charge is -2.21. The van der Waals surface area contributed by atoms with Crippen LogP contribution in [0.1, 0.15) is 27.4 Å². The smallest absolute Gasteiger partial charge is 0.264 e. The lowest BCUT2D eigenvalue weighted by molar-refractivity contribution is 0.0784. The van der Waals surface area contributed by atoms with Gasteiger partial charge in [-0.25, -0.2) is 8.42 Å². The largest absolute Gasteiger partial charge is 0.361 e. The SMILES string of the molecule is Cc1noc(C)c1CN(C)C(=O)c1cc(S(=O)(=O)N(C)c2ccccc2)ccc1Cl. The monoisotopic (exact) mass is 447 g/mol. The van der Waals surface area contributed by atoms with Crippen LogP contribution in [-0.4, -0.2) is 38.5 Å². The fourth-order valence-electron chi connectivity index (χ4n) is 3.01. The Balaban J connectivity index is 1.92. The van der Waals surface area contributed by atoms with Crippen molar-refractivity contribution in [1.29, 1.82) is 0 Å². The Labute approximate surface area is 180 Å². The van der Waals surface area contributed by atoms with Gasteiger partial charge in [0, 0.05) is 19.7 Å². The van der Waals surface area contributed by atoms with E-state index in [0.717, 1.165) is 9.87 Å². The molecule has 0 saturated heterocycles. The summed E-state index contributed by atoms with van der Waals surface area (Å²) in [6, 6.07) is 12.8. The molecular formula is C21H22ClN3O4S. The predicted octanol–water partition coefficient (Wildman–Crippen LogP) is 4.04. The standard InChI is InChI=1S/C21H22ClN3O4S/c1-14-19(15(2)29-23-14)13-24(3)21(26)18-12-17(10-11-20(18)22)30(27,28)25(4)16-8-6-5-7-9-16/h5-12H,13H2,1-4H3. The number of hydrogen-bond donors (Lipinski definition) is 0. The third kappa shape index (κ3) is 4.20. The number of hydrogen-bond acceptors (Lipinski definition) is 5. The first-order chi connectivity index (χ1) is 14.1. The lowest BCUT2D eigenvalue weighted by atomic mass is 10.1. The highest BCUT2D eigenvalue weighted by atomic mass is 35.5. The van der Waals surface area contributed by atoms with Gasteiger partial charge in [0.25, 0.3) is 15.9 Å². The average Bonchev–Trinajstić information content (AvgIpc) is 3.05. The van der Waals surface area contributed by atoms with Gasteiger partial charge in [0.15, 0.2) is 0 Å². The van der Waals surface area contributed by atoms with Crippen LogP contribution in [0.3, 0.4) is 0 Å². The van der Waals surface area contributed by atoms with Gasteiger partial charge in [-0.3, -0.25) is 9.10 Å². The Bertz CT molecular complexity index is 1160. The summed E-state index contributed by atoms with van der Waals surface area (Å²) in [4.78, 5) is 14.4. The highest BCUT2D eigenvalue weighted by molar-refractivity contribution is 7.92. The molecule has 1 amide bonds. The number of nitrogens with zero attached hydrogens (tertiary/aromatic N) is 3. The summed E-state index contributed by atoms with van der Waals surface area (Å²) < 4.78 is 32.4. The summed E-state index contributed by atoms with van der Waals surface area (Å²) in [5.74, 6) is 0.221. The van der Waals surface area contributed by atoms with E-state index < -0.39 is 15.9 Å². The van der Waals surface area contributed by atoms with Gasteiger partial charge in [0.05, 0.1) is 33.4 Å². The lowest BCUT2D eigenvalue weighted by Crippen LogP contribution is -2.29. The number of amides is 1. The molecule has 0 bridgehead atoms. The highest BCUT2D eigenvalue weighted by Gasteiger charge is 2.25. The number of anilines is 1. The van der Waals surface area contributed by atoms with Crippen LogP contribution in [0.15, 0.2) is 57.9 Å². The van der Waals surface area contributed by atoms with Gasteiger partial charge in [0.1, 0.15) is 5.76 Å². The van der Waals surface area contributed by atoms with Crippen LogP contribution in [0.4, 0.5) is 5.69 Å². The third-order valence-corrected chi connectivity index (χ3v) is 6.98. The molecule has 0 atom stereocenters. The molecule has 0 radical (unpaired) electrons.